The highest BCUT2D eigenvalue weighted by Crippen LogP contribution is 2.34. The molecule has 1 heterocycles. The van der Waals surface area contributed by atoms with Gasteiger partial charge in [0.15, 0.2) is 0 Å². The summed E-state index contributed by atoms with van der Waals surface area (Å²) in [6.07, 6.45) is 7.79. The van der Waals surface area contributed by atoms with E-state index in [1.807, 2.05) is 29.8 Å². The SMILES string of the molecule is C=CCNC(=O)[C@H](C)Sc1nc(C2CCCCC2)n(-c2ccccc2)n1. The first kappa shape index (κ1) is 18.7. The van der Waals surface area contributed by atoms with Gasteiger partial charge in [0.2, 0.25) is 11.1 Å². The van der Waals surface area contributed by atoms with Crippen LogP contribution in [0.4, 0.5) is 0 Å². The van der Waals surface area contributed by atoms with Gasteiger partial charge in [0.05, 0.1) is 10.9 Å². The third-order valence-electron chi connectivity index (χ3n) is 4.66. The van der Waals surface area contributed by atoms with Crippen LogP contribution in [-0.4, -0.2) is 32.5 Å². The van der Waals surface area contributed by atoms with Crippen LogP contribution in [0.3, 0.4) is 0 Å². The summed E-state index contributed by atoms with van der Waals surface area (Å²) in [5, 5.41) is 7.97. The van der Waals surface area contributed by atoms with E-state index in [1.165, 1.54) is 31.0 Å². The van der Waals surface area contributed by atoms with Gasteiger partial charge in [0, 0.05) is 12.5 Å². The number of benzene rings is 1. The average Bonchev–Trinajstić information content (AvgIpc) is 3.11. The van der Waals surface area contributed by atoms with Gasteiger partial charge in [-0.3, -0.25) is 4.79 Å². The van der Waals surface area contributed by atoms with Gasteiger partial charge in [-0.2, -0.15) is 0 Å². The molecule has 1 aromatic carbocycles. The zero-order valence-electron chi connectivity index (χ0n) is 15.2. The van der Waals surface area contributed by atoms with Crippen molar-refractivity contribution in [2.24, 2.45) is 0 Å². The topological polar surface area (TPSA) is 59.8 Å². The number of carbonyl (C=O) groups excluding carboxylic acids is 1. The van der Waals surface area contributed by atoms with Gasteiger partial charge in [-0.25, -0.2) is 9.67 Å². The Morgan fingerprint density at radius 3 is 2.77 bits per heavy atom. The molecule has 0 unspecified atom stereocenters. The van der Waals surface area contributed by atoms with Crippen LogP contribution in [0.25, 0.3) is 5.69 Å². The molecule has 1 N–H and O–H groups in total. The molecule has 1 aliphatic rings. The van der Waals surface area contributed by atoms with E-state index in [4.69, 9.17) is 10.1 Å². The Morgan fingerprint density at radius 1 is 1.35 bits per heavy atom. The maximum absolute atomic E-state index is 12.1. The lowest BCUT2D eigenvalue weighted by Crippen LogP contribution is -2.30. The fraction of sp³-hybridized carbons (Fsp3) is 0.450. The number of amides is 1. The van der Waals surface area contributed by atoms with Crippen LogP contribution in [0.15, 0.2) is 48.1 Å². The first-order valence-corrected chi connectivity index (χ1v) is 10.1. The summed E-state index contributed by atoms with van der Waals surface area (Å²) in [7, 11) is 0. The maximum atomic E-state index is 12.1. The van der Waals surface area contributed by atoms with Crippen molar-refractivity contribution in [3.63, 3.8) is 0 Å². The van der Waals surface area contributed by atoms with Crippen molar-refractivity contribution in [1.29, 1.82) is 0 Å². The molecule has 1 aliphatic carbocycles. The maximum Gasteiger partial charge on any atom is 0.233 e. The van der Waals surface area contributed by atoms with Crippen LogP contribution in [0.1, 0.15) is 50.8 Å². The zero-order chi connectivity index (χ0) is 18.4. The molecule has 0 spiro atoms. The summed E-state index contributed by atoms with van der Waals surface area (Å²) in [5.41, 5.74) is 1.02. The van der Waals surface area contributed by atoms with Crippen LogP contribution in [-0.2, 0) is 4.79 Å². The summed E-state index contributed by atoms with van der Waals surface area (Å²) in [5.74, 6) is 1.44. The summed E-state index contributed by atoms with van der Waals surface area (Å²) in [6.45, 7) is 5.98. The predicted octanol–water partition coefficient (Wildman–Crippen LogP) is 4.10. The Labute approximate surface area is 159 Å². The molecule has 1 atom stereocenters. The summed E-state index contributed by atoms with van der Waals surface area (Å²) >= 11 is 1.41. The molecule has 1 aromatic heterocycles. The standard InChI is InChI=1S/C20H26N4OS/c1-3-14-21-19(25)15(2)26-20-22-18(16-10-6-4-7-11-16)24(23-20)17-12-8-5-9-13-17/h3,5,8-9,12-13,15-16H,1,4,6-7,10-11,14H2,2H3,(H,21,25)/t15-/m0/s1. The fourth-order valence-electron chi connectivity index (χ4n) is 3.27. The monoisotopic (exact) mass is 370 g/mol. The van der Waals surface area contributed by atoms with Crippen molar-refractivity contribution in [1.82, 2.24) is 20.1 Å². The Kier molecular flexibility index (Phi) is 6.50. The Morgan fingerprint density at radius 2 is 2.08 bits per heavy atom. The molecular weight excluding hydrogens is 344 g/mol. The second kappa shape index (κ2) is 9.03. The van der Waals surface area contributed by atoms with E-state index in [-0.39, 0.29) is 11.2 Å². The molecule has 6 heteroatoms. The first-order chi connectivity index (χ1) is 12.7. The molecule has 2 aromatic rings. The van der Waals surface area contributed by atoms with E-state index in [2.05, 4.69) is 24.0 Å². The molecule has 0 saturated heterocycles. The van der Waals surface area contributed by atoms with E-state index in [0.29, 0.717) is 17.6 Å². The second-order valence-electron chi connectivity index (χ2n) is 6.63. The van der Waals surface area contributed by atoms with Crippen molar-refractivity contribution in [3.05, 3.63) is 48.8 Å². The van der Waals surface area contributed by atoms with Gasteiger partial charge in [-0.15, -0.1) is 11.7 Å². The van der Waals surface area contributed by atoms with E-state index in [0.717, 1.165) is 24.4 Å². The van der Waals surface area contributed by atoms with Crippen LogP contribution < -0.4 is 5.32 Å². The third kappa shape index (κ3) is 4.55. The van der Waals surface area contributed by atoms with Gasteiger partial charge in [0.1, 0.15) is 5.82 Å². The predicted molar refractivity (Wildman–Crippen MR) is 106 cm³/mol. The number of para-hydroxylation sites is 1. The number of nitrogens with zero attached hydrogens (tertiary/aromatic N) is 3. The van der Waals surface area contributed by atoms with Crippen LogP contribution in [0.2, 0.25) is 0 Å². The van der Waals surface area contributed by atoms with Crippen LogP contribution >= 0.6 is 11.8 Å². The number of nitrogens with one attached hydrogen (secondary N) is 1. The molecule has 0 aliphatic heterocycles. The van der Waals surface area contributed by atoms with Crippen molar-refractivity contribution in [3.8, 4) is 5.69 Å². The second-order valence-corrected chi connectivity index (χ2v) is 7.94. The molecule has 26 heavy (non-hydrogen) atoms. The van der Waals surface area contributed by atoms with Crippen LogP contribution in [0.5, 0.6) is 0 Å². The summed E-state index contributed by atoms with van der Waals surface area (Å²) in [4.78, 5) is 17.0. The summed E-state index contributed by atoms with van der Waals surface area (Å²) < 4.78 is 1.96. The number of carbonyl (C=O) groups is 1. The molecule has 1 fully saturated rings. The van der Waals surface area contributed by atoms with E-state index in [1.54, 1.807) is 6.08 Å². The van der Waals surface area contributed by atoms with Crippen molar-refractivity contribution < 1.29 is 4.79 Å². The number of hydrogen-bond donors (Lipinski definition) is 1. The van der Waals surface area contributed by atoms with Gasteiger partial charge in [-0.1, -0.05) is 55.3 Å². The molecule has 5 nitrogen and oxygen atoms in total. The third-order valence-corrected chi connectivity index (χ3v) is 5.61. The number of rotatable bonds is 7. The molecule has 1 saturated carbocycles. The highest BCUT2D eigenvalue weighted by atomic mass is 32.2. The molecule has 3 rings (SSSR count). The Hall–Kier alpha value is -2.08. The lowest BCUT2D eigenvalue weighted by molar-refractivity contribution is -0.120. The van der Waals surface area contributed by atoms with E-state index in [9.17, 15) is 4.79 Å². The quantitative estimate of drug-likeness (QED) is 0.589. The van der Waals surface area contributed by atoms with Crippen molar-refractivity contribution in [2.45, 2.75) is 55.4 Å². The normalized spacial score (nSPS) is 16.2. The summed E-state index contributed by atoms with van der Waals surface area (Å²) in [6, 6.07) is 10.1. The zero-order valence-corrected chi connectivity index (χ0v) is 16.0. The van der Waals surface area contributed by atoms with E-state index >= 15 is 0 Å². The van der Waals surface area contributed by atoms with Gasteiger partial charge in [0.25, 0.3) is 0 Å². The molecular formula is C20H26N4OS. The smallest absolute Gasteiger partial charge is 0.233 e. The van der Waals surface area contributed by atoms with Gasteiger partial charge >= 0.3 is 0 Å². The van der Waals surface area contributed by atoms with E-state index < -0.39 is 0 Å². The Bertz CT molecular complexity index is 738. The lowest BCUT2D eigenvalue weighted by Gasteiger charge is -2.21. The minimum atomic E-state index is -0.249. The average molecular weight is 371 g/mol. The molecule has 1 amide bonds. The fourth-order valence-corrected chi connectivity index (χ4v) is 4.05. The first-order valence-electron chi connectivity index (χ1n) is 9.26. The van der Waals surface area contributed by atoms with Gasteiger partial charge in [-0.05, 0) is 31.9 Å². The number of thioether (sulfide) groups is 1. The van der Waals surface area contributed by atoms with Crippen molar-refractivity contribution >= 4 is 17.7 Å². The largest absolute Gasteiger partial charge is 0.352 e. The van der Waals surface area contributed by atoms with Crippen LogP contribution in [0, 0.1) is 0 Å². The lowest BCUT2D eigenvalue weighted by atomic mass is 9.88. The minimum absolute atomic E-state index is 0.0230. The Balaban J connectivity index is 1.84. The number of aromatic nitrogens is 3. The highest BCUT2D eigenvalue weighted by Gasteiger charge is 2.25. The highest BCUT2D eigenvalue weighted by molar-refractivity contribution is 8.00. The minimum Gasteiger partial charge on any atom is -0.352 e. The molecule has 0 radical (unpaired) electrons. The molecule has 0 bridgehead atoms. The van der Waals surface area contributed by atoms with Gasteiger partial charge < -0.3 is 5.32 Å². The molecule has 138 valence electrons. The number of hydrogen-bond acceptors (Lipinski definition) is 4. The van der Waals surface area contributed by atoms with Crippen molar-refractivity contribution in [2.75, 3.05) is 6.54 Å².